The fourth-order valence-corrected chi connectivity index (χ4v) is 4.31. The Hall–Kier alpha value is -2.16. The Morgan fingerprint density at radius 2 is 1.79 bits per heavy atom. The van der Waals surface area contributed by atoms with Gasteiger partial charge in [0.25, 0.3) is 0 Å². The number of hydrogen-bond donors (Lipinski definition) is 1. The number of fused-ring (bicyclic) bond motifs is 1. The lowest BCUT2D eigenvalue weighted by atomic mass is 10.2. The summed E-state index contributed by atoms with van der Waals surface area (Å²) >= 11 is 12.0. The van der Waals surface area contributed by atoms with E-state index in [2.05, 4.69) is 5.32 Å². The fraction of sp³-hybridized carbons (Fsp3) is 0.278. The lowest BCUT2D eigenvalue weighted by Crippen LogP contribution is -2.45. The van der Waals surface area contributed by atoms with Gasteiger partial charge in [-0.3, -0.25) is 9.10 Å². The van der Waals surface area contributed by atoms with Gasteiger partial charge in [0.15, 0.2) is 11.5 Å². The maximum Gasteiger partial charge on any atom is 0.248 e. The number of nitrogens with one attached hydrogen (secondary N) is 1. The van der Waals surface area contributed by atoms with Crippen molar-refractivity contribution in [3.05, 3.63) is 46.4 Å². The van der Waals surface area contributed by atoms with Gasteiger partial charge in [0, 0.05) is 11.1 Å². The van der Waals surface area contributed by atoms with E-state index < -0.39 is 22.0 Å². The molecule has 2 aromatic rings. The van der Waals surface area contributed by atoms with Gasteiger partial charge in [-0.1, -0.05) is 23.2 Å². The van der Waals surface area contributed by atoms with Gasteiger partial charge >= 0.3 is 0 Å². The molecule has 0 bridgehead atoms. The Morgan fingerprint density at radius 1 is 1.11 bits per heavy atom. The van der Waals surface area contributed by atoms with Crippen molar-refractivity contribution in [2.75, 3.05) is 29.1 Å². The second kappa shape index (κ2) is 8.06. The maximum atomic E-state index is 12.8. The van der Waals surface area contributed by atoms with Crippen molar-refractivity contribution in [2.45, 2.75) is 13.0 Å². The lowest BCUT2D eigenvalue weighted by Gasteiger charge is -2.29. The van der Waals surface area contributed by atoms with Crippen LogP contribution in [0.15, 0.2) is 36.4 Å². The zero-order chi connectivity index (χ0) is 20.5. The molecule has 3 rings (SSSR count). The number of benzene rings is 2. The van der Waals surface area contributed by atoms with Crippen molar-refractivity contribution >= 4 is 50.5 Å². The van der Waals surface area contributed by atoms with E-state index in [9.17, 15) is 13.2 Å². The number of amides is 1. The standard InChI is InChI=1S/C18H18Cl2N2O5S/c1-11(18(23)21-15-9-12(19)3-5-14(15)20)22(28(2,24)25)13-4-6-16-17(10-13)27-8-7-26-16/h3-6,9-11H,7-8H2,1-2H3,(H,21,23)/t11-/m0/s1. The van der Waals surface area contributed by atoms with Crippen LogP contribution in [0.3, 0.4) is 0 Å². The molecule has 1 N–H and O–H groups in total. The number of halogens is 2. The van der Waals surface area contributed by atoms with Crippen molar-refractivity contribution in [1.82, 2.24) is 0 Å². The average molecular weight is 445 g/mol. The zero-order valence-corrected chi connectivity index (χ0v) is 17.4. The van der Waals surface area contributed by atoms with E-state index in [1.54, 1.807) is 24.3 Å². The van der Waals surface area contributed by atoms with Crippen LogP contribution in [0, 0.1) is 0 Å². The Labute approximate surface area is 173 Å². The number of sulfonamides is 1. The molecule has 150 valence electrons. The summed E-state index contributed by atoms with van der Waals surface area (Å²) in [6, 6.07) is 8.26. The maximum absolute atomic E-state index is 12.8. The minimum absolute atomic E-state index is 0.284. The van der Waals surface area contributed by atoms with Gasteiger partial charge in [0.1, 0.15) is 19.3 Å². The monoisotopic (exact) mass is 444 g/mol. The van der Waals surface area contributed by atoms with Crippen LogP contribution < -0.4 is 19.1 Å². The lowest BCUT2D eigenvalue weighted by molar-refractivity contribution is -0.116. The molecule has 10 heteroatoms. The summed E-state index contributed by atoms with van der Waals surface area (Å²) in [5, 5.41) is 3.29. The molecule has 0 aromatic heterocycles. The number of ether oxygens (including phenoxy) is 2. The smallest absolute Gasteiger partial charge is 0.248 e. The summed E-state index contributed by atoms with van der Waals surface area (Å²) in [4.78, 5) is 12.8. The van der Waals surface area contributed by atoms with Crippen LogP contribution in [0.2, 0.25) is 10.0 Å². The number of rotatable bonds is 5. The third-order valence-electron chi connectivity index (χ3n) is 4.06. The summed E-state index contributed by atoms with van der Waals surface area (Å²) in [7, 11) is -3.78. The number of anilines is 2. The summed E-state index contributed by atoms with van der Waals surface area (Å²) in [5.74, 6) is 0.374. The molecule has 1 aliphatic rings. The fourth-order valence-electron chi connectivity index (χ4n) is 2.81. The molecular weight excluding hydrogens is 427 g/mol. The predicted molar refractivity (Wildman–Crippen MR) is 109 cm³/mol. The molecule has 28 heavy (non-hydrogen) atoms. The second-order valence-corrected chi connectivity index (χ2v) is 8.88. The number of carbonyl (C=O) groups excluding carboxylic acids is 1. The van der Waals surface area contributed by atoms with Crippen LogP contribution in [0.25, 0.3) is 0 Å². The van der Waals surface area contributed by atoms with Crippen molar-refractivity contribution in [3.8, 4) is 11.5 Å². The van der Waals surface area contributed by atoms with Crippen LogP contribution in [0.4, 0.5) is 11.4 Å². The van der Waals surface area contributed by atoms with Crippen LogP contribution in [0.1, 0.15) is 6.92 Å². The highest BCUT2D eigenvalue weighted by molar-refractivity contribution is 7.92. The first-order chi connectivity index (χ1) is 13.2. The second-order valence-electron chi connectivity index (χ2n) is 6.18. The van der Waals surface area contributed by atoms with Crippen molar-refractivity contribution in [1.29, 1.82) is 0 Å². The Kier molecular flexibility index (Phi) is 5.92. The van der Waals surface area contributed by atoms with E-state index in [-0.39, 0.29) is 10.7 Å². The van der Waals surface area contributed by atoms with E-state index >= 15 is 0 Å². The van der Waals surface area contributed by atoms with Gasteiger partial charge in [-0.05, 0) is 37.3 Å². The van der Waals surface area contributed by atoms with Crippen LogP contribution in [-0.2, 0) is 14.8 Å². The van der Waals surface area contributed by atoms with E-state index in [0.717, 1.165) is 10.6 Å². The van der Waals surface area contributed by atoms with E-state index in [1.807, 2.05) is 0 Å². The first kappa shape index (κ1) is 20.6. The van der Waals surface area contributed by atoms with Gasteiger partial charge in [-0.2, -0.15) is 0 Å². The zero-order valence-electron chi connectivity index (χ0n) is 15.1. The molecule has 7 nitrogen and oxygen atoms in total. The minimum Gasteiger partial charge on any atom is -0.486 e. The third kappa shape index (κ3) is 4.45. The largest absolute Gasteiger partial charge is 0.486 e. The van der Waals surface area contributed by atoms with Crippen molar-refractivity contribution in [2.24, 2.45) is 0 Å². The normalized spacial score (nSPS) is 14.3. The molecule has 1 atom stereocenters. The molecule has 0 aliphatic carbocycles. The number of hydrogen-bond acceptors (Lipinski definition) is 5. The van der Waals surface area contributed by atoms with Gasteiger partial charge in [-0.15, -0.1) is 0 Å². The van der Waals surface area contributed by atoms with Crippen LogP contribution in [0.5, 0.6) is 11.5 Å². The highest BCUT2D eigenvalue weighted by Crippen LogP contribution is 2.35. The van der Waals surface area contributed by atoms with Crippen molar-refractivity contribution < 1.29 is 22.7 Å². The summed E-state index contributed by atoms with van der Waals surface area (Å²) in [6.07, 6.45) is 1.03. The molecule has 0 saturated heterocycles. The Bertz CT molecular complexity index is 1010. The predicted octanol–water partition coefficient (Wildman–Crippen LogP) is 3.56. The molecule has 1 amide bonds. The highest BCUT2D eigenvalue weighted by Gasteiger charge is 2.30. The first-order valence-corrected chi connectivity index (χ1v) is 10.9. The first-order valence-electron chi connectivity index (χ1n) is 8.32. The summed E-state index contributed by atoms with van der Waals surface area (Å²) in [5.41, 5.74) is 0.577. The summed E-state index contributed by atoms with van der Waals surface area (Å²) in [6.45, 7) is 2.26. The SMILES string of the molecule is C[C@@H](C(=O)Nc1cc(Cl)ccc1Cl)N(c1ccc2c(c1)OCCO2)S(C)(=O)=O. The van der Waals surface area contributed by atoms with Gasteiger partial charge in [-0.25, -0.2) is 8.42 Å². The van der Waals surface area contributed by atoms with E-state index in [4.69, 9.17) is 32.7 Å². The molecule has 1 heterocycles. The van der Waals surface area contributed by atoms with Crippen LogP contribution >= 0.6 is 23.2 Å². The van der Waals surface area contributed by atoms with Crippen LogP contribution in [-0.4, -0.2) is 39.8 Å². The summed E-state index contributed by atoms with van der Waals surface area (Å²) < 4.78 is 36.9. The quantitative estimate of drug-likeness (QED) is 0.761. The van der Waals surface area contributed by atoms with Gasteiger partial charge in [0.05, 0.1) is 22.7 Å². The molecule has 0 unspecified atom stereocenters. The molecule has 1 aliphatic heterocycles. The minimum atomic E-state index is -3.78. The molecule has 0 radical (unpaired) electrons. The Balaban J connectivity index is 1.91. The Morgan fingerprint density at radius 3 is 2.46 bits per heavy atom. The van der Waals surface area contributed by atoms with Gasteiger partial charge in [0.2, 0.25) is 15.9 Å². The van der Waals surface area contributed by atoms with E-state index in [0.29, 0.717) is 35.4 Å². The molecule has 0 saturated carbocycles. The van der Waals surface area contributed by atoms with Gasteiger partial charge < -0.3 is 14.8 Å². The third-order valence-corrected chi connectivity index (χ3v) is 5.86. The molecule has 0 fully saturated rings. The molecule has 0 spiro atoms. The molecular formula is C18H18Cl2N2O5S. The average Bonchev–Trinajstić information content (AvgIpc) is 2.63. The number of carbonyl (C=O) groups is 1. The molecule has 2 aromatic carbocycles. The number of nitrogens with zero attached hydrogens (tertiary/aromatic N) is 1. The topological polar surface area (TPSA) is 84.9 Å². The highest BCUT2D eigenvalue weighted by atomic mass is 35.5. The van der Waals surface area contributed by atoms with Crippen molar-refractivity contribution in [3.63, 3.8) is 0 Å². The van der Waals surface area contributed by atoms with E-state index in [1.165, 1.54) is 19.1 Å².